The summed E-state index contributed by atoms with van der Waals surface area (Å²) in [5, 5.41) is 2.85. The number of nitrogens with zero attached hydrogens (tertiary/aromatic N) is 1. The highest BCUT2D eigenvalue weighted by Gasteiger charge is 2.26. The molecule has 5 heteroatoms. The summed E-state index contributed by atoms with van der Waals surface area (Å²) in [4.78, 5) is 16.3. The van der Waals surface area contributed by atoms with Crippen molar-refractivity contribution in [3.05, 3.63) is 54.2 Å². The van der Waals surface area contributed by atoms with E-state index < -0.39 is 5.54 Å². The van der Waals surface area contributed by atoms with Crippen molar-refractivity contribution in [3.63, 3.8) is 0 Å². The number of pyridine rings is 1. The number of nitrogens with one attached hydrogen (secondary N) is 1. The third-order valence-electron chi connectivity index (χ3n) is 3.50. The first kappa shape index (κ1) is 17.0. The number of carbonyl (C=O) groups excluding carboxylic acids is 1. The van der Waals surface area contributed by atoms with Gasteiger partial charge in [0, 0.05) is 18.8 Å². The number of nitrogens with two attached hydrogens (primary N) is 1. The summed E-state index contributed by atoms with van der Waals surface area (Å²) in [5.74, 6) is 1.10. The lowest BCUT2D eigenvalue weighted by atomic mass is 9.96. The predicted octanol–water partition coefficient (Wildman–Crippen LogP) is 3.01. The van der Waals surface area contributed by atoms with Gasteiger partial charge in [-0.05, 0) is 31.0 Å². The summed E-state index contributed by atoms with van der Waals surface area (Å²) in [6.07, 6.45) is 3.21. The van der Waals surface area contributed by atoms with Gasteiger partial charge in [0.25, 0.3) is 0 Å². The molecule has 0 saturated carbocycles. The van der Waals surface area contributed by atoms with Crippen molar-refractivity contribution in [2.75, 3.05) is 0 Å². The molecule has 0 saturated heterocycles. The van der Waals surface area contributed by atoms with Crippen molar-refractivity contribution < 1.29 is 9.53 Å². The number of benzene rings is 1. The second-order valence-electron chi connectivity index (χ2n) is 5.77. The third-order valence-corrected chi connectivity index (χ3v) is 3.50. The minimum Gasteiger partial charge on any atom is -0.439 e. The maximum atomic E-state index is 12.1. The van der Waals surface area contributed by atoms with Crippen molar-refractivity contribution >= 4 is 5.91 Å². The molecular weight excluding hydrogens is 290 g/mol. The number of para-hydroxylation sites is 1. The van der Waals surface area contributed by atoms with Gasteiger partial charge in [0.2, 0.25) is 11.8 Å². The van der Waals surface area contributed by atoms with E-state index in [1.807, 2.05) is 43.3 Å². The monoisotopic (exact) mass is 313 g/mol. The summed E-state index contributed by atoms with van der Waals surface area (Å²) < 4.78 is 5.63. The summed E-state index contributed by atoms with van der Waals surface area (Å²) in [7, 11) is 0. The Kier molecular flexibility index (Phi) is 5.71. The van der Waals surface area contributed by atoms with Crippen LogP contribution in [-0.4, -0.2) is 16.4 Å². The first-order valence-electron chi connectivity index (χ1n) is 7.76. The standard InChI is InChI=1S/C18H23N3O2/c1-3-11-18(2,19)17(22)21-13-14-9-10-16(20-12-14)23-15-7-5-4-6-8-15/h4-10,12H,3,11,13,19H2,1-2H3,(H,21,22). The molecule has 5 nitrogen and oxygen atoms in total. The molecule has 1 unspecified atom stereocenters. The van der Waals surface area contributed by atoms with Crippen LogP contribution in [0.15, 0.2) is 48.7 Å². The summed E-state index contributed by atoms with van der Waals surface area (Å²) in [6, 6.07) is 13.1. The number of hydrogen-bond acceptors (Lipinski definition) is 4. The van der Waals surface area contributed by atoms with Gasteiger partial charge in [-0.1, -0.05) is 37.6 Å². The van der Waals surface area contributed by atoms with E-state index in [9.17, 15) is 4.79 Å². The van der Waals surface area contributed by atoms with Crippen molar-refractivity contribution in [2.24, 2.45) is 5.73 Å². The average molecular weight is 313 g/mol. The van der Waals surface area contributed by atoms with Crippen molar-refractivity contribution in [1.82, 2.24) is 10.3 Å². The molecule has 3 N–H and O–H groups in total. The average Bonchev–Trinajstić information content (AvgIpc) is 2.55. The number of amides is 1. The maximum absolute atomic E-state index is 12.1. The molecule has 2 rings (SSSR count). The van der Waals surface area contributed by atoms with E-state index in [2.05, 4.69) is 10.3 Å². The van der Waals surface area contributed by atoms with Gasteiger partial charge in [0.1, 0.15) is 5.75 Å². The van der Waals surface area contributed by atoms with E-state index in [1.165, 1.54) is 0 Å². The number of carbonyl (C=O) groups is 1. The quantitative estimate of drug-likeness (QED) is 0.823. The topological polar surface area (TPSA) is 77.2 Å². The van der Waals surface area contributed by atoms with Crippen LogP contribution < -0.4 is 15.8 Å². The molecule has 1 atom stereocenters. The predicted molar refractivity (Wildman–Crippen MR) is 90.1 cm³/mol. The molecule has 0 radical (unpaired) electrons. The van der Waals surface area contributed by atoms with Gasteiger partial charge >= 0.3 is 0 Å². The van der Waals surface area contributed by atoms with Gasteiger partial charge in [-0.25, -0.2) is 4.98 Å². The number of hydrogen-bond donors (Lipinski definition) is 2. The highest BCUT2D eigenvalue weighted by atomic mass is 16.5. The van der Waals surface area contributed by atoms with Gasteiger partial charge in [-0.15, -0.1) is 0 Å². The lowest BCUT2D eigenvalue weighted by molar-refractivity contribution is -0.126. The molecule has 0 aliphatic carbocycles. The molecule has 0 aliphatic heterocycles. The second-order valence-corrected chi connectivity index (χ2v) is 5.77. The van der Waals surface area contributed by atoms with Crippen LogP contribution in [0.25, 0.3) is 0 Å². The molecule has 122 valence electrons. The Morgan fingerprint density at radius 2 is 2.00 bits per heavy atom. The number of rotatable bonds is 7. The third kappa shape index (κ3) is 5.07. The molecule has 1 aromatic heterocycles. The van der Waals surface area contributed by atoms with Crippen LogP contribution in [0.4, 0.5) is 0 Å². The number of ether oxygens (including phenoxy) is 1. The molecular formula is C18H23N3O2. The molecule has 0 fully saturated rings. The zero-order chi connectivity index (χ0) is 16.7. The van der Waals surface area contributed by atoms with Gasteiger partial charge in [-0.2, -0.15) is 0 Å². The molecule has 1 heterocycles. The van der Waals surface area contributed by atoms with E-state index in [4.69, 9.17) is 10.5 Å². The van der Waals surface area contributed by atoms with Crippen LogP contribution in [0.3, 0.4) is 0 Å². The zero-order valence-corrected chi connectivity index (χ0v) is 13.6. The van der Waals surface area contributed by atoms with Crippen molar-refractivity contribution in [3.8, 4) is 11.6 Å². The molecule has 1 aromatic carbocycles. The Balaban J connectivity index is 1.89. The minimum atomic E-state index is -0.835. The van der Waals surface area contributed by atoms with Crippen molar-refractivity contribution in [2.45, 2.75) is 38.8 Å². The molecule has 0 aliphatic rings. The largest absolute Gasteiger partial charge is 0.439 e. The maximum Gasteiger partial charge on any atom is 0.240 e. The summed E-state index contributed by atoms with van der Waals surface area (Å²) in [5.41, 5.74) is 6.06. The SMILES string of the molecule is CCCC(C)(N)C(=O)NCc1ccc(Oc2ccccc2)nc1. The second kappa shape index (κ2) is 7.74. The molecule has 0 spiro atoms. The first-order chi connectivity index (χ1) is 11.0. The van der Waals surface area contributed by atoms with Gasteiger partial charge in [0.05, 0.1) is 5.54 Å². The van der Waals surface area contributed by atoms with E-state index in [1.54, 1.807) is 19.2 Å². The van der Waals surface area contributed by atoms with Crippen LogP contribution >= 0.6 is 0 Å². The van der Waals surface area contributed by atoms with Gasteiger partial charge in [-0.3, -0.25) is 4.79 Å². The molecule has 0 bridgehead atoms. The lowest BCUT2D eigenvalue weighted by Gasteiger charge is -2.22. The molecule has 2 aromatic rings. The minimum absolute atomic E-state index is 0.149. The highest BCUT2D eigenvalue weighted by Crippen LogP contribution is 2.18. The van der Waals surface area contributed by atoms with Gasteiger partial charge < -0.3 is 15.8 Å². The fraction of sp³-hybridized carbons (Fsp3) is 0.333. The Morgan fingerprint density at radius 3 is 2.61 bits per heavy atom. The normalized spacial score (nSPS) is 13.2. The fourth-order valence-corrected chi connectivity index (χ4v) is 2.20. The Bertz CT molecular complexity index is 624. The van der Waals surface area contributed by atoms with Crippen LogP contribution in [0.1, 0.15) is 32.3 Å². The van der Waals surface area contributed by atoms with Crippen LogP contribution in [0.5, 0.6) is 11.6 Å². The summed E-state index contributed by atoms with van der Waals surface area (Å²) in [6.45, 7) is 4.16. The van der Waals surface area contributed by atoms with Gasteiger partial charge in [0.15, 0.2) is 0 Å². The molecule has 1 amide bonds. The van der Waals surface area contributed by atoms with Crippen LogP contribution in [0, 0.1) is 0 Å². The molecule has 23 heavy (non-hydrogen) atoms. The van der Waals surface area contributed by atoms with Crippen LogP contribution in [0.2, 0.25) is 0 Å². The smallest absolute Gasteiger partial charge is 0.240 e. The van der Waals surface area contributed by atoms with E-state index in [0.717, 1.165) is 17.7 Å². The number of aromatic nitrogens is 1. The Morgan fingerprint density at radius 1 is 1.26 bits per heavy atom. The highest BCUT2D eigenvalue weighted by molar-refractivity contribution is 5.85. The van der Waals surface area contributed by atoms with Crippen molar-refractivity contribution in [1.29, 1.82) is 0 Å². The zero-order valence-electron chi connectivity index (χ0n) is 13.6. The Hall–Kier alpha value is -2.40. The Labute approximate surface area is 136 Å². The van der Waals surface area contributed by atoms with E-state index in [0.29, 0.717) is 18.8 Å². The van der Waals surface area contributed by atoms with E-state index >= 15 is 0 Å². The van der Waals surface area contributed by atoms with Crippen LogP contribution in [-0.2, 0) is 11.3 Å². The summed E-state index contributed by atoms with van der Waals surface area (Å²) >= 11 is 0. The lowest BCUT2D eigenvalue weighted by Crippen LogP contribution is -2.51. The van der Waals surface area contributed by atoms with E-state index in [-0.39, 0.29) is 5.91 Å². The fourth-order valence-electron chi connectivity index (χ4n) is 2.20. The first-order valence-corrected chi connectivity index (χ1v) is 7.76.